The highest BCUT2D eigenvalue weighted by Gasteiger charge is 2.36. The zero-order valence-electron chi connectivity index (χ0n) is 25.8. The number of fused-ring (bicyclic) bond motifs is 1. The minimum atomic E-state index is -5.05. The van der Waals surface area contributed by atoms with Gasteiger partial charge >= 0.3 is 11.9 Å². The number of para-hydroxylation sites is 1. The highest BCUT2D eigenvalue weighted by Crippen LogP contribution is 2.42. The van der Waals surface area contributed by atoms with E-state index >= 15 is 8.78 Å². The summed E-state index contributed by atoms with van der Waals surface area (Å²) >= 11 is 0. The van der Waals surface area contributed by atoms with Crippen LogP contribution >= 0.6 is 0 Å². The van der Waals surface area contributed by atoms with Crippen LogP contribution in [0, 0.1) is 18.6 Å². The standard InChI is InChI=1S/C32H30F5N5O4S/c1-6-27(43)40-13-14-41(19(3)17-40)30-21-15-24(34)20(28-22(32(35,36)37)10-8-11-23(28)33)16-26(21)42(31(44)38-30)29-18(2)9-7-12-25(29)39(4)47(5,45)46/h6-12,15-16,19H,1,13-14,17H2,2-5H3/t19-/m0/s1. The predicted octanol–water partition coefficient (Wildman–Crippen LogP) is 5.28. The Morgan fingerprint density at radius 1 is 1.09 bits per heavy atom. The lowest BCUT2D eigenvalue weighted by atomic mass is 9.96. The van der Waals surface area contributed by atoms with Gasteiger partial charge in [0.05, 0.1) is 28.7 Å². The summed E-state index contributed by atoms with van der Waals surface area (Å²) in [5, 5.41) is -0.0118. The molecule has 0 N–H and O–H groups in total. The Morgan fingerprint density at radius 3 is 2.38 bits per heavy atom. The van der Waals surface area contributed by atoms with Gasteiger partial charge < -0.3 is 9.80 Å². The summed E-state index contributed by atoms with van der Waals surface area (Å²) in [7, 11) is -2.63. The van der Waals surface area contributed by atoms with Gasteiger partial charge in [0.2, 0.25) is 15.9 Å². The summed E-state index contributed by atoms with van der Waals surface area (Å²) in [6, 6.07) is 8.21. The van der Waals surface area contributed by atoms with Crippen LogP contribution < -0.4 is 14.9 Å². The van der Waals surface area contributed by atoms with Gasteiger partial charge in [-0.25, -0.2) is 22.0 Å². The fourth-order valence-electron chi connectivity index (χ4n) is 5.86. The smallest absolute Gasteiger partial charge is 0.350 e. The van der Waals surface area contributed by atoms with Crippen LogP contribution in [-0.2, 0) is 21.0 Å². The van der Waals surface area contributed by atoms with Crippen molar-refractivity contribution in [2.45, 2.75) is 26.1 Å². The van der Waals surface area contributed by atoms with Crippen molar-refractivity contribution >= 4 is 38.3 Å². The molecule has 0 unspecified atom stereocenters. The molecule has 5 rings (SSSR count). The Bertz CT molecular complexity index is 2100. The molecule has 0 aliphatic carbocycles. The second-order valence-electron chi connectivity index (χ2n) is 11.3. The predicted molar refractivity (Wildman–Crippen MR) is 169 cm³/mol. The number of anilines is 2. The molecule has 1 aliphatic heterocycles. The zero-order chi connectivity index (χ0) is 34.6. The number of benzene rings is 3. The largest absolute Gasteiger partial charge is 0.417 e. The normalized spacial score (nSPS) is 15.6. The maximum absolute atomic E-state index is 16.1. The quantitative estimate of drug-likeness (QED) is 0.204. The van der Waals surface area contributed by atoms with Crippen molar-refractivity contribution in [1.29, 1.82) is 0 Å². The van der Waals surface area contributed by atoms with Gasteiger partial charge in [0.15, 0.2) is 0 Å². The topological polar surface area (TPSA) is 95.8 Å². The third kappa shape index (κ3) is 6.06. The fourth-order valence-corrected chi connectivity index (χ4v) is 6.36. The molecule has 0 bridgehead atoms. The van der Waals surface area contributed by atoms with E-state index in [1.807, 2.05) is 0 Å². The molecular formula is C32H30F5N5O4S. The number of hydrogen-bond acceptors (Lipinski definition) is 6. The Balaban J connectivity index is 1.89. The van der Waals surface area contributed by atoms with E-state index in [-0.39, 0.29) is 53.6 Å². The van der Waals surface area contributed by atoms with Gasteiger partial charge in [-0.1, -0.05) is 24.8 Å². The summed E-state index contributed by atoms with van der Waals surface area (Å²) in [6.07, 6.45) is -2.94. The molecule has 4 aromatic rings. The number of carbonyl (C=O) groups is 1. The van der Waals surface area contributed by atoms with Crippen LogP contribution in [0.15, 0.2) is 66.0 Å². The van der Waals surface area contributed by atoms with Gasteiger partial charge in [-0.2, -0.15) is 18.2 Å². The first-order chi connectivity index (χ1) is 21.9. The van der Waals surface area contributed by atoms with Crippen LogP contribution in [0.4, 0.5) is 33.5 Å². The molecule has 0 spiro atoms. The number of sulfonamides is 1. The summed E-state index contributed by atoms with van der Waals surface area (Å²) in [5.41, 5.74) is -3.92. The highest BCUT2D eigenvalue weighted by atomic mass is 32.2. The first-order valence-electron chi connectivity index (χ1n) is 14.3. The minimum Gasteiger partial charge on any atom is -0.350 e. The van der Waals surface area contributed by atoms with Crippen LogP contribution in [0.25, 0.3) is 27.7 Å². The molecule has 0 radical (unpaired) electrons. The number of halogens is 5. The molecule has 3 aromatic carbocycles. The lowest BCUT2D eigenvalue weighted by molar-refractivity contribution is -0.137. The van der Waals surface area contributed by atoms with E-state index in [1.165, 1.54) is 24.1 Å². The van der Waals surface area contributed by atoms with Crippen molar-refractivity contribution in [3.8, 4) is 16.8 Å². The third-order valence-electron chi connectivity index (χ3n) is 8.21. The van der Waals surface area contributed by atoms with Crippen molar-refractivity contribution < 1.29 is 35.2 Å². The highest BCUT2D eigenvalue weighted by molar-refractivity contribution is 7.92. The lowest BCUT2D eigenvalue weighted by Crippen LogP contribution is -2.54. The molecule has 1 saturated heterocycles. The average molecular weight is 676 g/mol. The molecule has 2 heterocycles. The van der Waals surface area contributed by atoms with Crippen molar-refractivity contribution in [2.75, 3.05) is 42.1 Å². The zero-order valence-corrected chi connectivity index (χ0v) is 26.6. The SMILES string of the molecule is C=CC(=O)N1CCN(c2nc(=O)n(-c3c(C)cccc3N(C)S(C)(=O)=O)c3cc(-c4c(F)cccc4C(F)(F)F)c(F)cc23)[C@@H](C)C1. The molecular weight excluding hydrogens is 645 g/mol. The van der Waals surface area contributed by atoms with Crippen LogP contribution in [0.5, 0.6) is 0 Å². The third-order valence-corrected chi connectivity index (χ3v) is 9.40. The minimum absolute atomic E-state index is 0.0118. The number of hydrogen-bond donors (Lipinski definition) is 0. The Kier molecular flexibility index (Phi) is 8.64. The number of amides is 1. The lowest BCUT2D eigenvalue weighted by Gasteiger charge is -2.40. The summed E-state index contributed by atoms with van der Waals surface area (Å²) in [4.78, 5) is 33.8. The number of aryl methyl sites for hydroxylation is 1. The van der Waals surface area contributed by atoms with E-state index in [0.717, 1.165) is 39.4 Å². The van der Waals surface area contributed by atoms with Crippen molar-refractivity contribution in [2.24, 2.45) is 0 Å². The number of alkyl halides is 3. The fraction of sp³-hybridized carbons (Fsp3) is 0.281. The number of rotatable bonds is 6. The van der Waals surface area contributed by atoms with Crippen LogP contribution in [-0.4, -0.2) is 67.8 Å². The summed E-state index contributed by atoms with van der Waals surface area (Å²) < 4.78 is 101. The van der Waals surface area contributed by atoms with Crippen LogP contribution in [0.3, 0.4) is 0 Å². The first kappa shape index (κ1) is 33.6. The van der Waals surface area contributed by atoms with Gasteiger partial charge in [0.25, 0.3) is 0 Å². The molecule has 1 aliphatic rings. The number of piperazine rings is 1. The van der Waals surface area contributed by atoms with Crippen LogP contribution in [0.2, 0.25) is 0 Å². The number of nitrogens with zero attached hydrogens (tertiary/aromatic N) is 5. The van der Waals surface area contributed by atoms with E-state index in [1.54, 1.807) is 30.9 Å². The number of aromatic nitrogens is 2. The van der Waals surface area contributed by atoms with E-state index < -0.39 is 56.3 Å². The van der Waals surface area contributed by atoms with Gasteiger partial charge in [-0.05, 0) is 55.8 Å². The second-order valence-corrected chi connectivity index (χ2v) is 13.3. The van der Waals surface area contributed by atoms with E-state index in [9.17, 15) is 31.2 Å². The monoisotopic (exact) mass is 675 g/mol. The molecule has 0 saturated carbocycles. The van der Waals surface area contributed by atoms with E-state index in [2.05, 4.69) is 11.6 Å². The number of carbonyl (C=O) groups excluding carboxylic acids is 1. The maximum atomic E-state index is 16.1. The van der Waals surface area contributed by atoms with Crippen molar-refractivity contribution in [3.63, 3.8) is 0 Å². The Morgan fingerprint density at radius 2 is 1.77 bits per heavy atom. The molecule has 1 aromatic heterocycles. The van der Waals surface area contributed by atoms with E-state index in [0.29, 0.717) is 11.6 Å². The van der Waals surface area contributed by atoms with Gasteiger partial charge in [-0.3, -0.25) is 13.7 Å². The van der Waals surface area contributed by atoms with Crippen LogP contribution in [0.1, 0.15) is 18.1 Å². The maximum Gasteiger partial charge on any atom is 0.417 e. The average Bonchev–Trinajstić information content (AvgIpc) is 2.99. The molecule has 1 atom stereocenters. The Hall–Kier alpha value is -4.79. The molecule has 47 heavy (non-hydrogen) atoms. The van der Waals surface area contributed by atoms with Gasteiger partial charge in [0, 0.05) is 49.2 Å². The Labute approximate surface area is 267 Å². The summed E-state index contributed by atoms with van der Waals surface area (Å²) in [5.74, 6) is -2.88. The van der Waals surface area contributed by atoms with Gasteiger partial charge in [0.1, 0.15) is 17.5 Å². The summed E-state index contributed by atoms with van der Waals surface area (Å²) in [6.45, 7) is 7.40. The first-order valence-corrected chi connectivity index (χ1v) is 16.1. The van der Waals surface area contributed by atoms with Gasteiger partial charge in [-0.15, -0.1) is 0 Å². The molecule has 1 amide bonds. The second kappa shape index (κ2) is 12.1. The molecule has 248 valence electrons. The van der Waals surface area contributed by atoms with Crippen molar-refractivity contribution in [3.05, 3.63) is 94.4 Å². The van der Waals surface area contributed by atoms with Crippen molar-refractivity contribution in [1.82, 2.24) is 14.5 Å². The molecule has 1 fully saturated rings. The van der Waals surface area contributed by atoms with E-state index in [4.69, 9.17) is 0 Å². The molecule has 9 nitrogen and oxygen atoms in total. The molecule has 15 heteroatoms.